The fraction of sp³-hybridized carbons (Fsp3) is 0.464. The van der Waals surface area contributed by atoms with Crippen LogP contribution in [0.2, 0.25) is 0 Å². The standard InChI is InChI=1S/C28H37N3O5/c1-19-11-8-9-16-22(19)24(25(33)29-17-20-12-6-5-7-13-20)31(21-14-10-15-21)26(34)23(18-32)30-27(35)36-28(2,3)4/h5-9,11-13,16,21,23-24,32H,10,14-15,17-18H2,1-4H3,(H,29,33)(H,30,35). The van der Waals surface area contributed by atoms with Gasteiger partial charge in [0, 0.05) is 12.6 Å². The molecule has 8 nitrogen and oxygen atoms in total. The van der Waals surface area contributed by atoms with E-state index >= 15 is 0 Å². The van der Waals surface area contributed by atoms with Crippen LogP contribution in [0.5, 0.6) is 0 Å². The van der Waals surface area contributed by atoms with Crippen molar-refractivity contribution in [3.8, 4) is 0 Å². The third-order valence-electron chi connectivity index (χ3n) is 6.21. The molecule has 36 heavy (non-hydrogen) atoms. The van der Waals surface area contributed by atoms with Gasteiger partial charge in [-0.25, -0.2) is 4.79 Å². The summed E-state index contributed by atoms with van der Waals surface area (Å²) in [5.41, 5.74) is 1.75. The van der Waals surface area contributed by atoms with E-state index in [1.54, 1.807) is 25.7 Å². The summed E-state index contributed by atoms with van der Waals surface area (Å²) >= 11 is 0. The molecular formula is C28H37N3O5. The molecule has 194 valence electrons. The van der Waals surface area contributed by atoms with Crippen molar-refractivity contribution in [2.24, 2.45) is 0 Å². The maximum Gasteiger partial charge on any atom is 0.408 e. The van der Waals surface area contributed by atoms with Crippen LogP contribution in [0, 0.1) is 6.92 Å². The van der Waals surface area contributed by atoms with Crippen LogP contribution in [0.1, 0.15) is 62.8 Å². The van der Waals surface area contributed by atoms with Gasteiger partial charge < -0.3 is 25.4 Å². The molecule has 1 aliphatic carbocycles. The van der Waals surface area contributed by atoms with Crippen LogP contribution < -0.4 is 10.6 Å². The van der Waals surface area contributed by atoms with E-state index in [4.69, 9.17) is 4.74 Å². The Kier molecular flexibility index (Phi) is 9.09. The molecule has 0 aliphatic heterocycles. The Balaban J connectivity index is 1.92. The van der Waals surface area contributed by atoms with Crippen LogP contribution in [0.25, 0.3) is 0 Å². The minimum Gasteiger partial charge on any atom is -0.444 e. The molecule has 0 spiro atoms. The number of aliphatic hydroxyl groups excluding tert-OH is 1. The van der Waals surface area contributed by atoms with E-state index < -0.39 is 36.3 Å². The van der Waals surface area contributed by atoms with E-state index in [0.29, 0.717) is 12.1 Å². The van der Waals surface area contributed by atoms with Crippen LogP contribution in [0.15, 0.2) is 54.6 Å². The second-order valence-corrected chi connectivity index (χ2v) is 10.2. The monoisotopic (exact) mass is 495 g/mol. The zero-order chi connectivity index (χ0) is 26.3. The zero-order valence-electron chi connectivity index (χ0n) is 21.5. The topological polar surface area (TPSA) is 108 Å². The van der Waals surface area contributed by atoms with Gasteiger partial charge in [-0.3, -0.25) is 9.59 Å². The smallest absolute Gasteiger partial charge is 0.408 e. The molecule has 2 atom stereocenters. The molecule has 1 fully saturated rings. The van der Waals surface area contributed by atoms with Gasteiger partial charge in [-0.15, -0.1) is 0 Å². The van der Waals surface area contributed by atoms with Crippen molar-refractivity contribution in [3.05, 3.63) is 71.3 Å². The lowest BCUT2D eigenvalue weighted by atomic mass is 9.87. The summed E-state index contributed by atoms with van der Waals surface area (Å²) in [6, 6.07) is 14.7. The molecule has 2 aromatic rings. The molecule has 3 amide bonds. The first kappa shape index (κ1) is 27.2. The Morgan fingerprint density at radius 1 is 1.06 bits per heavy atom. The molecule has 1 aliphatic rings. The van der Waals surface area contributed by atoms with Gasteiger partial charge in [-0.1, -0.05) is 54.6 Å². The van der Waals surface area contributed by atoms with E-state index in [1.165, 1.54) is 0 Å². The maximum atomic E-state index is 13.8. The Hall–Kier alpha value is -3.39. The predicted molar refractivity (Wildman–Crippen MR) is 137 cm³/mol. The summed E-state index contributed by atoms with van der Waals surface area (Å²) in [5.74, 6) is -0.835. The lowest BCUT2D eigenvalue weighted by Gasteiger charge is -2.43. The Morgan fingerprint density at radius 3 is 2.25 bits per heavy atom. The number of nitrogens with zero attached hydrogens (tertiary/aromatic N) is 1. The van der Waals surface area contributed by atoms with E-state index in [1.807, 2.05) is 61.5 Å². The highest BCUT2D eigenvalue weighted by molar-refractivity contribution is 5.92. The van der Waals surface area contributed by atoms with Crippen LogP contribution in [0.4, 0.5) is 4.79 Å². The number of ether oxygens (including phenoxy) is 1. The van der Waals surface area contributed by atoms with Gasteiger partial charge in [0.05, 0.1) is 6.61 Å². The molecule has 8 heteroatoms. The lowest BCUT2D eigenvalue weighted by Crippen LogP contribution is -2.58. The number of aryl methyl sites for hydroxylation is 1. The third-order valence-corrected chi connectivity index (χ3v) is 6.21. The molecule has 3 N–H and O–H groups in total. The van der Waals surface area contributed by atoms with Crippen LogP contribution >= 0.6 is 0 Å². The highest BCUT2D eigenvalue weighted by atomic mass is 16.6. The molecule has 0 bridgehead atoms. The summed E-state index contributed by atoms with van der Waals surface area (Å²) in [7, 11) is 0. The third kappa shape index (κ3) is 7.07. The normalized spacial score (nSPS) is 15.2. The molecule has 3 rings (SSSR count). The molecule has 1 saturated carbocycles. The average Bonchev–Trinajstić information content (AvgIpc) is 2.79. The van der Waals surface area contributed by atoms with Gasteiger partial charge >= 0.3 is 6.09 Å². The van der Waals surface area contributed by atoms with E-state index in [-0.39, 0.29) is 11.9 Å². The van der Waals surface area contributed by atoms with Gasteiger partial charge in [0.25, 0.3) is 0 Å². The number of nitrogens with one attached hydrogen (secondary N) is 2. The molecule has 0 aromatic heterocycles. The molecule has 2 unspecified atom stereocenters. The Morgan fingerprint density at radius 2 is 1.69 bits per heavy atom. The number of alkyl carbamates (subject to hydrolysis) is 1. The van der Waals surface area contributed by atoms with Crippen LogP contribution in [0.3, 0.4) is 0 Å². The maximum absolute atomic E-state index is 13.8. The number of hydrogen-bond donors (Lipinski definition) is 3. The molecule has 0 saturated heterocycles. The minimum absolute atomic E-state index is 0.181. The predicted octanol–water partition coefficient (Wildman–Crippen LogP) is 3.62. The van der Waals surface area contributed by atoms with Crippen molar-refractivity contribution in [1.29, 1.82) is 0 Å². The summed E-state index contributed by atoms with van der Waals surface area (Å²) in [6.45, 7) is 6.75. The van der Waals surface area contributed by atoms with Gasteiger partial charge in [-0.05, 0) is 63.6 Å². The van der Waals surface area contributed by atoms with Gasteiger partial charge in [0.15, 0.2) is 0 Å². The number of hydrogen-bond acceptors (Lipinski definition) is 5. The quantitative estimate of drug-likeness (QED) is 0.493. The van der Waals surface area contributed by atoms with E-state index in [0.717, 1.165) is 30.4 Å². The molecule has 0 radical (unpaired) electrons. The minimum atomic E-state index is -1.24. The van der Waals surface area contributed by atoms with Crippen molar-refractivity contribution >= 4 is 17.9 Å². The number of benzene rings is 2. The summed E-state index contributed by atoms with van der Waals surface area (Å²) in [6.07, 6.45) is 1.61. The number of aliphatic hydroxyl groups is 1. The van der Waals surface area contributed by atoms with Crippen LogP contribution in [-0.2, 0) is 20.9 Å². The van der Waals surface area contributed by atoms with Crippen molar-refractivity contribution in [2.75, 3.05) is 6.61 Å². The van der Waals surface area contributed by atoms with Crippen molar-refractivity contribution in [1.82, 2.24) is 15.5 Å². The Bertz CT molecular complexity index is 1050. The second kappa shape index (κ2) is 12.0. The summed E-state index contributed by atoms with van der Waals surface area (Å²) < 4.78 is 5.29. The highest BCUT2D eigenvalue weighted by Crippen LogP contribution is 2.34. The number of rotatable bonds is 9. The largest absolute Gasteiger partial charge is 0.444 e. The zero-order valence-corrected chi connectivity index (χ0v) is 21.5. The number of amides is 3. The fourth-order valence-electron chi connectivity index (χ4n) is 4.19. The SMILES string of the molecule is Cc1ccccc1C(C(=O)NCc1ccccc1)N(C(=O)C(CO)NC(=O)OC(C)(C)C)C1CCC1. The first-order valence-electron chi connectivity index (χ1n) is 12.4. The summed E-state index contributed by atoms with van der Waals surface area (Å²) in [4.78, 5) is 41.5. The van der Waals surface area contributed by atoms with E-state index in [9.17, 15) is 19.5 Å². The molecule has 0 heterocycles. The first-order valence-corrected chi connectivity index (χ1v) is 12.4. The van der Waals surface area contributed by atoms with Crippen molar-refractivity contribution < 1.29 is 24.2 Å². The fourth-order valence-corrected chi connectivity index (χ4v) is 4.19. The van der Waals surface area contributed by atoms with Gasteiger partial charge in [-0.2, -0.15) is 0 Å². The summed E-state index contributed by atoms with van der Waals surface area (Å²) in [5, 5.41) is 15.5. The number of carbonyl (C=O) groups is 3. The number of carbonyl (C=O) groups excluding carboxylic acids is 3. The second-order valence-electron chi connectivity index (χ2n) is 10.2. The molecule has 2 aromatic carbocycles. The Labute approximate surface area is 213 Å². The first-order chi connectivity index (χ1) is 17.1. The van der Waals surface area contributed by atoms with E-state index in [2.05, 4.69) is 10.6 Å². The van der Waals surface area contributed by atoms with Crippen molar-refractivity contribution in [2.45, 2.75) is 77.2 Å². The van der Waals surface area contributed by atoms with Crippen LogP contribution in [-0.4, -0.2) is 52.2 Å². The molecular weight excluding hydrogens is 458 g/mol. The van der Waals surface area contributed by atoms with Gasteiger partial charge in [0.1, 0.15) is 17.7 Å². The lowest BCUT2D eigenvalue weighted by molar-refractivity contribution is -0.148. The van der Waals surface area contributed by atoms with Crippen molar-refractivity contribution in [3.63, 3.8) is 0 Å². The van der Waals surface area contributed by atoms with Gasteiger partial charge in [0.2, 0.25) is 11.8 Å². The highest BCUT2D eigenvalue weighted by Gasteiger charge is 2.42. The average molecular weight is 496 g/mol.